The first kappa shape index (κ1) is 13.2. The zero-order chi connectivity index (χ0) is 13.8. The highest BCUT2D eigenvalue weighted by Crippen LogP contribution is 2.21. The predicted molar refractivity (Wildman–Crippen MR) is 76.2 cm³/mol. The average Bonchev–Trinajstić information content (AvgIpc) is 2.96. The van der Waals surface area contributed by atoms with Crippen LogP contribution in [0.1, 0.15) is 31.2 Å². The molecule has 5 nitrogen and oxygen atoms in total. The fraction of sp³-hybridized carbons (Fsp3) is 0.533. The molecule has 5 heteroatoms. The van der Waals surface area contributed by atoms with E-state index < -0.39 is 0 Å². The second-order valence-electron chi connectivity index (χ2n) is 5.27. The topological polar surface area (TPSA) is 63.8 Å². The Morgan fingerprint density at radius 1 is 1.35 bits per heavy atom. The number of piperidine rings is 1. The first-order valence-corrected chi connectivity index (χ1v) is 7.34. The molecular weight excluding hydrogens is 252 g/mol. The van der Waals surface area contributed by atoms with Gasteiger partial charge in [0.1, 0.15) is 5.69 Å². The Hall–Kier alpha value is -1.75. The Morgan fingerprint density at radius 3 is 3.00 bits per heavy atom. The first-order valence-electron chi connectivity index (χ1n) is 7.34. The summed E-state index contributed by atoms with van der Waals surface area (Å²) in [5.74, 6) is 2.00. The molecule has 0 atom stereocenters. The van der Waals surface area contributed by atoms with Crippen LogP contribution in [0.3, 0.4) is 0 Å². The molecule has 1 aliphatic rings. The largest absolute Gasteiger partial charge is 0.339 e. The summed E-state index contributed by atoms with van der Waals surface area (Å²) in [6, 6.07) is 4.00. The molecule has 20 heavy (non-hydrogen) atoms. The number of hydrogen-bond donors (Lipinski definition) is 1. The fourth-order valence-electron chi connectivity index (χ4n) is 2.69. The number of nitrogens with one attached hydrogen (secondary N) is 1. The summed E-state index contributed by atoms with van der Waals surface area (Å²) >= 11 is 0. The van der Waals surface area contributed by atoms with Gasteiger partial charge < -0.3 is 9.84 Å². The highest BCUT2D eigenvalue weighted by Gasteiger charge is 2.18. The Morgan fingerprint density at radius 2 is 2.20 bits per heavy atom. The van der Waals surface area contributed by atoms with Crippen molar-refractivity contribution in [3.8, 4) is 11.5 Å². The Kier molecular flexibility index (Phi) is 4.06. The summed E-state index contributed by atoms with van der Waals surface area (Å²) in [7, 11) is 0. The maximum Gasteiger partial charge on any atom is 0.227 e. The van der Waals surface area contributed by atoms with E-state index in [0.29, 0.717) is 11.7 Å². The van der Waals surface area contributed by atoms with Gasteiger partial charge in [-0.15, -0.1) is 0 Å². The molecule has 1 fully saturated rings. The number of nitrogens with zero attached hydrogens (tertiary/aromatic N) is 3. The van der Waals surface area contributed by atoms with Crippen LogP contribution < -0.4 is 5.32 Å². The van der Waals surface area contributed by atoms with Gasteiger partial charge in [0, 0.05) is 12.6 Å². The van der Waals surface area contributed by atoms with E-state index in [2.05, 4.69) is 33.4 Å². The molecular formula is C15H20N4O. The summed E-state index contributed by atoms with van der Waals surface area (Å²) < 4.78 is 5.40. The minimum atomic E-state index is 0.617. The lowest BCUT2D eigenvalue weighted by Gasteiger charge is -2.20. The van der Waals surface area contributed by atoms with E-state index in [9.17, 15) is 0 Å². The van der Waals surface area contributed by atoms with E-state index in [1.165, 1.54) is 12.8 Å². The molecule has 1 saturated heterocycles. The van der Waals surface area contributed by atoms with Crippen molar-refractivity contribution in [1.29, 1.82) is 0 Å². The zero-order valence-corrected chi connectivity index (χ0v) is 11.8. The summed E-state index contributed by atoms with van der Waals surface area (Å²) in [5, 5.41) is 7.47. The lowest BCUT2D eigenvalue weighted by atomic mass is 9.95. The third kappa shape index (κ3) is 2.88. The Labute approximate surface area is 118 Å². The van der Waals surface area contributed by atoms with Crippen LogP contribution >= 0.6 is 0 Å². The fourth-order valence-corrected chi connectivity index (χ4v) is 2.69. The van der Waals surface area contributed by atoms with Crippen molar-refractivity contribution >= 4 is 0 Å². The van der Waals surface area contributed by atoms with Gasteiger partial charge in [-0.05, 0) is 49.9 Å². The second-order valence-corrected chi connectivity index (χ2v) is 5.27. The van der Waals surface area contributed by atoms with Gasteiger partial charge in [0.25, 0.3) is 0 Å². The molecule has 1 aliphatic heterocycles. The highest BCUT2D eigenvalue weighted by molar-refractivity contribution is 5.53. The third-order valence-corrected chi connectivity index (χ3v) is 3.87. The third-order valence-electron chi connectivity index (χ3n) is 3.87. The number of aryl methyl sites for hydroxylation is 1. The molecule has 2 aromatic rings. The zero-order valence-electron chi connectivity index (χ0n) is 11.8. The van der Waals surface area contributed by atoms with Crippen LogP contribution in [0.2, 0.25) is 0 Å². The lowest BCUT2D eigenvalue weighted by molar-refractivity contribution is 0.313. The van der Waals surface area contributed by atoms with Crippen molar-refractivity contribution in [2.24, 2.45) is 5.92 Å². The van der Waals surface area contributed by atoms with Gasteiger partial charge >= 0.3 is 0 Å². The van der Waals surface area contributed by atoms with Crippen molar-refractivity contribution in [1.82, 2.24) is 20.4 Å². The van der Waals surface area contributed by atoms with E-state index in [1.807, 2.05) is 6.07 Å². The first-order chi connectivity index (χ1) is 9.86. The van der Waals surface area contributed by atoms with Crippen LogP contribution in [-0.2, 0) is 12.8 Å². The van der Waals surface area contributed by atoms with Gasteiger partial charge in [-0.3, -0.25) is 4.98 Å². The number of hydrogen-bond acceptors (Lipinski definition) is 5. The van der Waals surface area contributed by atoms with Crippen LogP contribution in [-0.4, -0.2) is 28.2 Å². The standard InChI is InChI=1S/C15H20N4O/c1-2-12-4-3-7-17-14(12)15-18-13(20-19-15)10-11-5-8-16-9-6-11/h3-4,7,11,16H,2,5-6,8-10H2,1H3. The van der Waals surface area contributed by atoms with Crippen LogP contribution in [0.15, 0.2) is 22.9 Å². The minimum absolute atomic E-state index is 0.617. The Balaban J connectivity index is 1.75. The molecule has 3 rings (SSSR count). The van der Waals surface area contributed by atoms with Crippen molar-refractivity contribution < 1.29 is 4.52 Å². The van der Waals surface area contributed by atoms with Crippen molar-refractivity contribution in [2.45, 2.75) is 32.6 Å². The molecule has 0 unspecified atom stereocenters. The highest BCUT2D eigenvalue weighted by atomic mass is 16.5. The molecule has 0 bridgehead atoms. The van der Waals surface area contributed by atoms with Crippen LogP contribution in [0.4, 0.5) is 0 Å². The Bertz CT molecular complexity index is 561. The minimum Gasteiger partial charge on any atom is -0.339 e. The molecule has 0 aromatic carbocycles. The number of rotatable bonds is 4. The molecule has 1 N–H and O–H groups in total. The summed E-state index contributed by atoms with van der Waals surface area (Å²) in [5.41, 5.74) is 2.00. The second kappa shape index (κ2) is 6.13. The smallest absolute Gasteiger partial charge is 0.227 e. The van der Waals surface area contributed by atoms with E-state index in [-0.39, 0.29) is 0 Å². The van der Waals surface area contributed by atoms with Gasteiger partial charge in [-0.25, -0.2) is 0 Å². The van der Waals surface area contributed by atoms with E-state index in [1.54, 1.807) is 6.20 Å². The maximum atomic E-state index is 5.40. The summed E-state index contributed by atoms with van der Waals surface area (Å²) in [4.78, 5) is 8.91. The van der Waals surface area contributed by atoms with Gasteiger partial charge in [0.15, 0.2) is 0 Å². The maximum absolute atomic E-state index is 5.40. The molecule has 2 aromatic heterocycles. The summed E-state index contributed by atoms with van der Waals surface area (Å²) in [6.45, 7) is 4.29. The quantitative estimate of drug-likeness (QED) is 0.924. The normalized spacial score (nSPS) is 16.4. The van der Waals surface area contributed by atoms with Crippen LogP contribution in [0, 0.1) is 5.92 Å². The molecule has 3 heterocycles. The van der Waals surface area contributed by atoms with Gasteiger partial charge in [0.2, 0.25) is 11.7 Å². The van der Waals surface area contributed by atoms with Crippen LogP contribution in [0.5, 0.6) is 0 Å². The molecule has 0 saturated carbocycles. The van der Waals surface area contributed by atoms with Crippen LogP contribution in [0.25, 0.3) is 11.5 Å². The molecule has 0 amide bonds. The monoisotopic (exact) mass is 272 g/mol. The van der Waals surface area contributed by atoms with Crippen molar-refractivity contribution in [3.05, 3.63) is 29.8 Å². The van der Waals surface area contributed by atoms with Crippen molar-refractivity contribution in [2.75, 3.05) is 13.1 Å². The molecule has 0 spiro atoms. The summed E-state index contributed by atoms with van der Waals surface area (Å²) in [6.07, 6.45) is 5.94. The van der Waals surface area contributed by atoms with Crippen molar-refractivity contribution in [3.63, 3.8) is 0 Å². The number of aromatic nitrogens is 3. The molecule has 106 valence electrons. The molecule has 0 aliphatic carbocycles. The van der Waals surface area contributed by atoms with Gasteiger partial charge in [-0.2, -0.15) is 4.98 Å². The predicted octanol–water partition coefficient (Wildman–Crippen LogP) is 2.24. The lowest BCUT2D eigenvalue weighted by Crippen LogP contribution is -2.28. The van der Waals surface area contributed by atoms with Gasteiger partial charge in [-0.1, -0.05) is 18.1 Å². The van der Waals surface area contributed by atoms with E-state index >= 15 is 0 Å². The molecule has 0 radical (unpaired) electrons. The number of pyridine rings is 1. The van der Waals surface area contributed by atoms with Gasteiger partial charge in [0.05, 0.1) is 0 Å². The SMILES string of the molecule is CCc1cccnc1-c1noc(CC2CCNCC2)n1. The average molecular weight is 272 g/mol. The van der Waals surface area contributed by atoms with E-state index in [0.717, 1.165) is 43.1 Å². The van der Waals surface area contributed by atoms with E-state index in [4.69, 9.17) is 4.52 Å².